The molecule has 0 aromatic heterocycles. The zero-order valence-electron chi connectivity index (χ0n) is 48.3. The van der Waals surface area contributed by atoms with Crippen LogP contribution in [-0.4, -0.2) is 249 Å². The first-order chi connectivity index (χ1) is 39.4. The number of esters is 2. The molecule has 5 aliphatic heterocycles. The van der Waals surface area contributed by atoms with E-state index < -0.39 is 201 Å². The number of hydrogen-bond acceptors (Lipinski definition) is 26. The second-order valence-electron chi connectivity index (χ2n) is 26.1. The van der Waals surface area contributed by atoms with E-state index in [-0.39, 0.29) is 29.1 Å². The fourth-order valence-corrected chi connectivity index (χ4v) is 16.9. The van der Waals surface area contributed by atoms with Crippen LogP contribution in [0, 0.1) is 39.4 Å². The van der Waals surface area contributed by atoms with Gasteiger partial charge in [-0.2, -0.15) is 4.21 Å². The molecular weight excluding hydrogens is 1140 g/mol. The molecule has 84 heavy (non-hydrogen) atoms. The number of allylic oxidation sites excluding steroid dienone is 3. The molecule has 5 saturated heterocycles. The average molecular weight is 1230 g/mol. The minimum atomic E-state index is -2.90. The van der Waals surface area contributed by atoms with Crippen molar-refractivity contribution in [2.24, 2.45) is 39.4 Å². The highest BCUT2D eigenvalue weighted by Crippen LogP contribution is 2.77. The number of aliphatic hydroxyl groups is 12. The van der Waals surface area contributed by atoms with Gasteiger partial charge in [-0.1, -0.05) is 44.9 Å². The molecule has 1 unspecified atom stereocenters. The summed E-state index contributed by atoms with van der Waals surface area (Å²) in [5, 5.41) is 131. The first-order valence-corrected chi connectivity index (χ1v) is 30.2. The molecule has 9 aliphatic rings. The first-order valence-electron chi connectivity index (χ1n) is 29.1. The molecule has 0 aromatic rings. The molecule has 4 aliphatic carbocycles. The van der Waals surface area contributed by atoms with Crippen molar-refractivity contribution in [3.63, 3.8) is 0 Å². The van der Waals surface area contributed by atoms with Gasteiger partial charge in [0.15, 0.2) is 25.2 Å². The van der Waals surface area contributed by atoms with Gasteiger partial charge in [-0.25, -0.2) is 0 Å². The molecule has 1 spiro atoms. The quantitative estimate of drug-likeness (QED) is 0.0356. The molecule has 30 atom stereocenters. The topological polar surface area (TPSA) is 416 Å². The Kier molecular flexibility index (Phi) is 19.8. The van der Waals surface area contributed by atoms with Crippen molar-refractivity contribution in [1.82, 2.24) is 0 Å². The van der Waals surface area contributed by atoms with Gasteiger partial charge in [-0.05, 0) is 94.3 Å². The minimum Gasteiger partial charge on any atom is -0.461 e. The van der Waals surface area contributed by atoms with Crippen LogP contribution in [0.5, 0.6) is 0 Å². The summed E-state index contributed by atoms with van der Waals surface area (Å²) in [6.45, 7) is 14.5. The number of ether oxygens (including phenoxy) is 10. The standard InChI is InChI=1S/C56H88O27S/c1-23(2)10-9-15-55(8,83-24(3)60)46-27-18-54(7)26-11-12-32-52(4,5)33(14-16-53(32,6)25(26)13-17-56(46,54)51(70)78-27)79-47-41(68)38(65)44(30(21-59)75-47)81-50-45(37(64)35(62)31(77-50)22-73-84(71)72)82-49-42(69)39(66)43(29(20-58)76-49)80-48-40(67)36(63)34(61)28(19-57)74-48/h11,25,27-50,57-59,61-69H,1,9-10,12-22H2,2-8H3,(H,71,72)/t25-,27-,28-,29-,30+,31+,32-,33-,34-,35+,36+,37-,38+,39-,40-,41+,42-,43-,44+,45+,46+,47-,48+,49+,50-,53+,54-,55-,56+/m0/s1. The van der Waals surface area contributed by atoms with Gasteiger partial charge >= 0.3 is 23.3 Å². The van der Waals surface area contributed by atoms with Crippen molar-refractivity contribution in [3.05, 3.63) is 23.8 Å². The van der Waals surface area contributed by atoms with E-state index in [0.29, 0.717) is 44.9 Å². The van der Waals surface area contributed by atoms with Crippen molar-refractivity contribution in [3.8, 4) is 0 Å². The first kappa shape index (κ1) is 66.1. The van der Waals surface area contributed by atoms with E-state index in [1.54, 1.807) is 0 Å². The number of fused-ring (bicyclic) bond motifs is 5. The minimum absolute atomic E-state index is 0.00367. The van der Waals surface area contributed by atoms with Crippen LogP contribution in [0.4, 0.5) is 0 Å². The molecule has 0 amide bonds. The fraction of sp³-hybridized carbons (Fsp3) is 0.893. The van der Waals surface area contributed by atoms with Crippen molar-refractivity contribution >= 4 is 23.3 Å². The summed E-state index contributed by atoms with van der Waals surface area (Å²) in [7, 11) is 0. The summed E-state index contributed by atoms with van der Waals surface area (Å²) in [5.41, 5.74) is -1.10. The third kappa shape index (κ3) is 11.4. The van der Waals surface area contributed by atoms with E-state index in [1.165, 1.54) is 12.5 Å². The Morgan fingerprint density at radius 2 is 1.23 bits per heavy atom. The molecule has 0 radical (unpaired) electrons. The molecule has 3 saturated carbocycles. The number of hydrogen-bond donors (Lipinski definition) is 13. The molecule has 27 nitrogen and oxygen atoms in total. The molecule has 480 valence electrons. The Morgan fingerprint density at radius 1 is 0.702 bits per heavy atom. The molecule has 13 N–H and O–H groups in total. The maximum absolute atomic E-state index is 14.4. The van der Waals surface area contributed by atoms with E-state index in [0.717, 1.165) is 18.4 Å². The van der Waals surface area contributed by atoms with Crippen LogP contribution in [0.3, 0.4) is 0 Å². The second-order valence-corrected chi connectivity index (χ2v) is 26.8. The monoisotopic (exact) mass is 1220 g/mol. The summed E-state index contributed by atoms with van der Waals surface area (Å²) < 4.78 is 85.7. The van der Waals surface area contributed by atoms with Crippen molar-refractivity contribution < 1.29 is 131 Å². The SMILES string of the molecule is C=C(C)CCC[C@](C)(OC(C)=O)[C@H]1[C@@H]2C[C@@]3(C)C4=CC[C@H]5C(C)(C)[C@@H](O[C@@H]6O[C@H](CO)[C@@H](O[C@@H]7O[C@H](COS(=O)O)[C@@H](O)[C@H](O)[C@H]7O[C@H]7O[C@@H](CO)[C@H](O[C@H]8O[C@@H](CO)[C@H](O)[C@@H](O)[C@@H]8O)[C@@H](O)[C@@H]7O)[C@H](O)[C@H]6O)CC[C@]5(C)[C@H]4CC[C@]13C(=O)O2. The van der Waals surface area contributed by atoms with Gasteiger partial charge in [0.1, 0.15) is 109 Å². The number of carbonyl (C=O) groups excluding carboxylic acids is 2. The lowest BCUT2D eigenvalue weighted by Gasteiger charge is -2.64. The highest BCUT2D eigenvalue weighted by molar-refractivity contribution is 7.74. The Balaban J connectivity index is 0.902. The van der Waals surface area contributed by atoms with Crippen molar-refractivity contribution in [2.45, 2.75) is 247 Å². The van der Waals surface area contributed by atoms with E-state index in [9.17, 15) is 79.6 Å². The summed E-state index contributed by atoms with van der Waals surface area (Å²) in [6, 6.07) is 0. The predicted molar refractivity (Wildman–Crippen MR) is 284 cm³/mol. The zero-order chi connectivity index (χ0) is 61.5. The van der Waals surface area contributed by atoms with Crippen LogP contribution >= 0.6 is 0 Å². The molecule has 28 heteroatoms. The molecule has 9 rings (SSSR count). The lowest BCUT2D eigenvalue weighted by molar-refractivity contribution is -0.398. The highest BCUT2D eigenvalue weighted by atomic mass is 32.2. The highest BCUT2D eigenvalue weighted by Gasteiger charge is 2.79. The van der Waals surface area contributed by atoms with Gasteiger partial charge < -0.3 is 109 Å². The predicted octanol–water partition coefficient (Wildman–Crippen LogP) is -2.01. The maximum Gasteiger partial charge on any atom is 0.313 e. The summed E-state index contributed by atoms with van der Waals surface area (Å²) in [4.78, 5) is 27.2. The van der Waals surface area contributed by atoms with Gasteiger partial charge in [-0.3, -0.25) is 18.3 Å². The smallest absolute Gasteiger partial charge is 0.313 e. The van der Waals surface area contributed by atoms with E-state index in [2.05, 4.69) is 40.3 Å². The van der Waals surface area contributed by atoms with E-state index in [4.69, 9.17) is 51.6 Å². The maximum atomic E-state index is 14.4. The number of aliphatic hydroxyl groups excluding tert-OH is 12. The van der Waals surface area contributed by atoms with Crippen LogP contribution < -0.4 is 0 Å². The van der Waals surface area contributed by atoms with Gasteiger partial charge in [0.25, 0.3) is 0 Å². The Hall–Kier alpha value is -2.31. The zero-order valence-corrected chi connectivity index (χ0v) is 49.2. The van der Waals surface area contributed by atoms with Crippen LogP contribution in [0.15, 0.2) is 23.8 Å². The van der Waals surface area contributed by atoms with Gasteiger partial charge in [-0.15, -0.1) is 6.58 Å². The third-order valence-corrected chi connectivity index (χ3v) is 21.1. The number of carbonyl (C=O) groups is 2. The molecule has 0 aromatic carbocycles. The normalized spacial score (nSPS) is 49.1. The Bertz CT molecular complexity index is 2410. The van der Waals surface area contributed by atoms with Gasteiger partial charge in [0.2, 0.25) is 0 Å². The largest absolute Gasteiger partial charge is 0.461 e. The fourth-order valence-electron chi connectivity index (χ4n) is 16.6. The van der Waals surface area contributed by atoms with Crippen LogP contribution in [0.2, 0.25) is 0 Å². The number of rotatable bonds is 20. The van der Waals surface area contributed by atoms with E-state index >= 15 is 0 Å². The molecular formula is C56H88O27S. The van der Waals surface area contributed by atoms with Gasteiger partial charge in [0, 0.05) is 12.3 Å². The lowest BCUT2D eigenvalue weighted by Crippen LogP contribution is -2.68. The van der Waals surface area contributed by atoms with Crippen LogP contribution in [0.25, 0.3) is 0 Å². The van der Waals surface area contributed by atoms with Crippen molar-refractivity contribution in [2.75, 3.05) is 26.4 Å². The van der Waals surface area contributed by atoms with Crippen LogP contribution in [0.1, 0.15) is 106 Å². The molecule has 5 heterocycles. The second kappa shape index (κ2) is 25.2. The summed E-state index contributed by atoms with van der Waals surface area (Å²) in [6.07, 6.45) is -30.2. The Labute approximate surface area is 489 Å². The van der Waals surface area contributed by atoms with Gasteiger partial charge in [0.05, 0.1) is 43.9 Å². The van der Waals surface area contributed by atoms with E-state index in [1.807, 2.05) is 13.8 Å². The Morgan fingerprint density at radius 3 is 1.80 bits per heavy atom. The molecule has 2 bridgehead atoms. The molecule has 8 fully saturated rings. The van der Waals surface area contributed by atoms with Crippen molar-refractivity contribution in [1.29, 1.82) is 0 Å². The summed E-state index contributed by atoms with van der Waals surface area (Å²) in [5.74, 6) is -0.927. The van der Waals surface area contributed by atoms with Crippen LogP contribution in [-0.2, 0) is 72.5 Å². The average Bonchev–Trinajstić information content (AvgIpc) is 1.44. The lowest BCUT2D eigenvalue weighted by atomic mass is 9.40. The third-order valence-electron chi connectivity index (χ3n) is 20.7. The summed E-state index contributed by atoms with van der Waals surface area (Å²) >= 11 is -2.90.